The molecule has 0 fully saturated rings. The van der Waals surface area contributed by atoms with Gasteiger partial charge in [-0.25, -0.2) is 4.98 Å². The molecule has 2 rings (SSSR count). The fourth-order valence-electron chi connectivity index (χ4n) is 1.53. The molecule has 1 N–H and O–H groups in total. The third-order valence-corrected chi connectivity index (χ3v) is 3.70. The lowest BCUT2D eigenvalue weighted by Crippen LogP contribution is -2.28. The van der Waals surface area contributed by atoms with Crippen molar-refractivity contribution in [2.45, 2.75) is 0 Å². The number of carbonyl (C=O) groups excluding carboxylic acids is 1. The summed E-state index contributed by atoms with van der Waals surface area (Å²) in [6.07, 6.45) is 1.60. The van der Waals surface area contributed by atoms with Crippen molar-refractivity contribution in [3.05, 3.63) is 56.8 Å². The van der Waals surface area contributed by atoms with Crippen LogP contribution in [0.2, 0.25) is 5.02 Å². The molecule has 1 aromatic heterocycles. The monoisotopic (exact) mass is 402 g/mol. The SMILES string of the molecule is O=C(NCCOc1ncccc1Cl)c1ccccc1I. The summed E-state index contributed by atoms with van der Waals surface area (Å²) in [5.74, 6) is 0.253. The van der Waals surface area contributed by atoms with Crippen molar-refractivity contribution in [3.63, 3.8) is 0 Å². The van der Waals surface area contributed by atoms with E-state index in [1.165, 1.54) is 0 Å². The first-order valence-corrected chi connectivity index (χ1v) is 7.40. The molecule has 0 aliphatic heterocycles. The average Bonchev–Trinajstić information content (AvgIpc) is 2.45. The minimum absolute atomic E-state index is 0.120. The van der Waals surface area contributed by atoms with Crippen molar-refractivity contribution in [3.8, 4) is 5.88 Å². The van der Waals surface area contributed by atoms with Gasteiger partial charge in [0.1, 0.15) is 11.6 Å². The van der Waals surface area contributed by atoms with E-state index < -0.39 is 0 Å². The molecular weight excluding hydrogens is 391 g/mol. The van der Waals surface area contributed by atoms with Crippen molar-refractivity contribution >= 4 is 40.1 Å². The van der Waals surface area contributed by atoms with Crippen molar-refractivity contribution in [1.82, 2.24) is 10.3 Å². The Morgan fingerprint density at radius 2 is 2.10 bits per heavy atom. The number of hydrogen-bond acceptors (Lipinski definition) is 3. The fourth-order valence-corrected chi connectivity index (χ4v) is 2.34. The van der Waals surface area contributed by atoms with Gasteiger partial charge in [-0.05, 0) is 46.9 Å². The molecule has 1 aromatic carbocycles. The van der Waals surface area contributed by atoms with Crippen molar-refractivity contribution < 1.29 is 9.53 Å². The number of aromatic nitrogens is 1. The lowest BCUT2D eigenvalue weighted by atomic mass is 10.2. The Hall–Kier alpha value is -1.34. The van der Waals surface area contributed by atoms with Crippen LogP contribution in [0.5, 0.6) is 5.88 Å². The summed E-state index contributed by atoms with van der Waals surface area (Å²) in [5, 5.41) is 3.24. The van der Waals surface area contributed by atoms with Crippen LogP contribution < -0.4 is 10.1 Å². The number of benzene rings is 1. The van der Waals surface area contributed by atoms with Gasteiger partial charge in [0, 0.05) is 9.77 Å². The van der Waals surface area contributed by atoms with E-state index >= 15 is 0 Å². The number of rotatable bonds is 5. The summed E-state index contributed by atoms with van der Waals surface area (Å²) >= 11 is 8.04. The standard InChI is InChI=1S/C14H12ClIN2O2/c15-11-5-3-7-18-14(11)20-9-8-17-13(19)10-4-1-2-6-12(10)16/h1-7H,8-9H2,(H,17,19). The van der Waals surface area contributed by atoms with E-state index in [0.29, 0.717) is 29.6 Å². The Balaban J connectivity index is 1.81. The van der Waals surface area contributed by atoms with E-state index in [9.17, 15) is 4.79 Å². The third kappa shape index (κ3) is 4.08. The zero-order chi connectivity index (χ0) is 14.4. The van der Waals surface area contributed by atoms with Gasteiger partial charge in [-0.3, -0.25) is 4.79 Å². The van der Waals surface area contributed by atoms with Crippen LogP contribution in [-0.4, -0.2) is 24.0 Å². The molecule has 0 aliphatic carbocycles. The molecule has 0 aliphatic rings. The van der Waals surface area contributed by atoms with Crippen LogP contribution in [0.1, 0.15) is 10.4 Å². The number of hydrogen-bond donors (Lipinski definition) is 1. The van der Waals surface area contributed by atoms with E-state index in [2.05, 4.69) is 32.9 Å². The van der Waals surface area contributed by atoms with Crippen LogP contribution in [0.25, 0.3) is 0 Å². The Kier molecular flexibility index (Phi) is 5.60. The van der Waals surface area contributed by atoms with E-state index in [0.717, 1.165) is 3.57 Å². The number of nitrogens with one attached hydrogen (secondary N) is 1. The molecular formula is C14H12ClIN2O2. The van der Waals surface area contributed by atoms with Gasteiger partial charge < -0.3 is 10.1 Å². The first-order valence-electron chi connectivity index (χ1n) is 5.94. The van der Waals surface area contributed by atoms with Gasteiger partial charge in [-0.1, -0.05) is 23.7 Å². The van der Waals surface area contributed by atoms with Gasteiger partial charge in [-0.15, -0.1) is 0 Å². The molecule has 4 nitrogen and oxygen atoms in total. The number of halogens is 2. The van der Waals surface area contributed by atoms with Crippen molar-refractivity contribution in [1.29, 1.82) is 0 Å². The molecule has 0 radical (unpaired) electrons. The van der Waals surface area contributed by atoms with Crippen LogP contribution in [0.15, 0.2) is 42.6 Å². The summed E-state index contributed by atoms with van der Waals surface area (Å²) in [4.78, 5) is 15.9. The van der Waals surface area contributed by atoms with Crippen LogP contribution in [0.4, 0.5) is 0 Å². The highest BCUT2D eigenvalue weighted by atomic mass is 127. The second-order valence-electron chi connectivity index (χ2n) is 3.87. The van der Waals surface area contributed by atoms with Gasteiger partial charge >= 0.3 is 0 Å². The Morgan fingerprint density at radius 1 is 1.30 bits per heavy atom. The lowest BCUT2D eigenvalue weighted by molar-refractivity contribution is 0.0945. The second-order valence-corrected chi connectivity index (χ2v) is 5.44. The summed E-state index contributed by atoms with van der Waals surface area (Å²) in [6.45, 7) is 0.697. The van der Waals surface area contributed by atoms with Crippen LogP contribution >= 0.6 is 34.2 Å². The number of pyridine rings is 1. The molecule has 20 heavy (non-hydrogen) atoms. The normalized spacial score (nSPS) is 10.1. The van der Waals surface area contributed by atoms with E-state index in [-0.39, 0.29) is 5.91 Å². The van der Waals surface area contributed by atoms with E-state index in [1.807, 2.05) is 18.2 Å². The highest BCUT2D eigenvalue weighted by Crippen LogP contribution is 2.19. The third-order valence-electron chi connectivity index (χ3n) is 2.47. The van der Waals surface area contributed by atoms with Crippen LogP contribution in [0.3, 0.4) is 0 Å². The first kappa shape index (κ1) is 15.1. The molecule has 1 heterocycles. The number of amides is 1. The summed E-state index contributed by atoms with van der Waals surface area (Å²) in [6, 6.07) is 10.8. The number of carbonyl (C=O) groups is 1. The topological polar surface area (TPSA) is 51.2 Å². The first-order chi connectivity index (χ1) is 9.68. The zero-order valence-corrected chi connectivity index (χ0v) is 13.4. The molecule has 1 amide bonds. The van der Waals surface area contributed by atoms with Gasteiger partial charge in [0.25, 0.3) is 5.91 Å². The quantitative estimate of drug-likeness (QED) is 0.617. The van der Waals surface area contributed by atoms with Crippen LogP contribution in [0, 0.1) is 3.57 Å². The summed E-state index contributed by atoms with van der Waals surface area (Å²) < 4.78 is 6.31. The largest absolute Gasteiger partial charge is 0.475 e. The predicted octanol–water partition coefficient (Wildman–Crippen LogP) is 3.15. The maximum atomic E-state index is 11.9. The van der Waals surface area contributed by atoms with Gasteiger partial charge in [0.2, 0.25) is 5.88 Å². The summed E-state index contributed by atoms with van der Waals surface area (Å²) in [5.41, 5.74) is 0.656. The molecule has 0 bridgehead atoms. The van der Waals surface area contributed by atoms with Gasteiger partial charge in [0.15, 0.2) is 0 Å². The minimum Gasteiger partial charge on any atom is -0.475 e. The molecule has 0 unspecified atom stereocenters. The molecule has 6 heteroatoms. The summed E-state index contributed by atoms with van der Waals surface area (Å²) in [7, 11) is 0. The van der Waals surface area contributed by atoms with Gasteiger partial charge in [0.05, 0.1) is 12.1 Å². The second kappa shape index (κ2) is 7.44. The highest BCUT2D eigenvalue weighted by Gasteiger charge is 2.08. The maximum Gasteiger partial charge on any atom is 0.252 e. The number of nitrogens with zero attached hydrogens (tertiary/aromatic N) is 1. The van der Waals surface area contributed by atoms with E-state index in [1.54, 1.807) is 24.4 Å². The molecule has 0 saturated carbocycles. The Labute approximate surface area is 135 Å². The Morgan fingerprint density at radius 3 is 2.85 bits per heavy atom. The fraction of sp³-hybridized carbons (Fsp3) is 0.143. The molecule has 104 valence electrons. The molecule has 2 aromatic rings. The predicted molar refractivity (Wildman–Crippen MR) is 86.2 cm³/mol. The number of ether oxygens (including phenoxy) is 1. The lowest BCUT2D eigenvalue weighted by Gasteiger charge is -2.08. The van der Waals surface area contributed by atoms with Gasteiger partial charge in [-0.2, -0.15) is 0 Å². The maximum absolute atomic E-state index is 11.9. The van der Waals surface area contributed by atoms with Crippen molar-refractivity contribution in [2.24, 2.45) is 0 Å². The highest BCUT2D eigenvalue weighted by molar-refractivity contribution is 14.1. The minimum atomic E-state index is -0.120. The van der Waals surface area contributed by atoms with E-state index in [4.69, 9.17) is 16.3 Å². The Bertz CT molecular complexity index is 607. The van der Waals surface area contributed by atoms with Crippen molar-refractivity contribution in [2.75, 3.05) is 13.2 Å². The molecule has 0 saturated heterocycles. The molecule has 0 atom stereocenters. The van der Waals surface area contributed by atoms with Crippen LogP contribution in [-0.2, 0) is 0 Å². The average molecular weight is 403 g/mol. The zero-order valence-electron chi connectivity index (χ0n) is 10.5. The smallest absolute Gasteiger partial charge is 0.252 e. The molecule has 0 spiro atoms.